The summed E-state index contributed by atoms with van der Waals surface area (Å²) < 4.78 is 5.73. The van der Waals surface area contributed by atoms with Crippen molar-refractivity contribution < 1.29 is 9.21 Å². The topological polar surface area (TPSA) is 65.8 Å². The van der Waals surface area contributed by atoms with Gasteiger partial charge in [-0.1, -0.05) is 11.6 Å². The minimum absolute atomic E-state index is 0.0170. The third-order valence-electron chi connectivity index (χ3n) is 7.40. The Kier molecular flexibility index (Phi) is 6.17. The molecule has 2 atom stereocenters. The average Bonchev–Trinajstić information content (AvgIpc) is 3.45. The number of hydrogen-bond acceptors (Lipinski definition) is 5. The molecule has 3 aromatic rings. The molecule has 0 spiro atoms. The van der Waals surface area contributed by atoms with Crippen molar-refractivity contribution in [3.05, 3.63) is 69.6 Å². The summed E-state index contributed by atoms with van der Waals surface area (Å²) in [5.41, 5.74) is 4.09. The Balaban J connectivity index is 1.26. The number of aryl methyl sites for hydroxylation is 2. The smallest absolute Gasteiger partial charge is 0.291 e. The van der Waals surface area contributed by atoms with E-state index >= 15 is 0 Å². The molecule has 1 N–H and O–H groups in total. The second-order valence-corrected chi connectivity index (χ2v) is 10.0. The maximum atomic E-state index is 12.8. The fourth-order valence-electron chi connectivity index (χ4n) is 5.36. The SMILES string of the molecule is Cc1ccc2oc(C(=O)Nc3ccc(N4CCC(CN5CCCC5C)C4)cc3C)cc(=O)c2c1. The summed E-state index contributed by atoms with van der Waals surface area (Å²) in [6, 6.07) is 13.5. The quantitative estimate of drug-likeness (QED) is 0.583. The highest BCUT2D eigenvalue weighted by Crippen LogP contribution is 2.29. The highest BCUT2D eigenvalue weighted by molar-refractivity contribution is 6.03. The lowest BCUT2D eigenvalue weighted by Crippen LogP contribution is -2.33. The number of amides is 1. The van der Waals surface area contributed by atoms with E-state index in [-0.39, 0.29) is 11.2 Å². The van der Waals surface area contributed by atoms with Gasteiger partial charge in [0.2, 0.25) is 0 Å². The summed E-state index contributed by atoms with van der Waals surface area (Å²) in [5.74, 6) is 0.305. The van der Waals surface area contributed by atoms with Crippen LogP contribution >= 0.6 is 0 Å². The second kappa shape index (κ2) is 9.26. The number of rotatable bonds is 5. The zero-order chi connectivity index (χ0) is 23.8. The van der Waals surface area contributed by atoms with Gasteiger partial charge in [0.25, 0.3) is 5.91 Å². The number of likely N-dealkylation sites (tertiary alicyclic amines) is 1. The molecule has 6 heteroatoms. The van der Waals surface area contributed by atoms with Crippen molar-refractivity contribution in [2.75, 3.05) is 36.4 Å². The van der Waals surface area contributed by atoms with Crippen molar-refractivity contribution in [3.8, 4) is 0 Å². The van der Waals surface area contributed by atoms with E-state index in [4.69, 9.17) is 4.42 Å². The third-order valence-corrected chi connectivity index (χ3v) is 7.40. The van der Waals surface area contributed by atoms with E-state index in [1.54, 1.807) is 12.1 Å². The van der Waals surface area contributed by atoms with Crippen molar-refractivity contribution in [3.63, 3.8) is 0 Å². The average molecular weight is 460 g/mol. The number of anilines is 2. The van der Waals surface area contributed by atoms with E-state index in [2.05, 4.69) is 34.2 Å². The van der Waals surface area contributed by atoms with Crippen molar-refractivity contribution in [1.82, 2.24) is 4.90 Å². The number of nitrogens with zero attached hydrogens (tertiary/aromatic N) is 2. The molecule has 1 amide bonds. The Morgan fingerprint density at radius 1 is 1.09 bits per heavy atom. The minimum atomic E-state index is -0.420. The molecule has 3 heterocycles. The van der Waals surface area contributed by atoms with Gasteiger partial charge in [-0.2, -0.15) is 0 Å². The Hall–Kier alpha value is -3.12. The first kappa shape index (κ1) is 22.7. The molecule has 2 aromatic carbocycles. The van der Waals surface area contributed by atoms with Gasteiger partial charge in [0.15, 0.2) is 11.2 Å². The summed E-state index contributed by atoms with van der Waals surface area (Å²) >= 11 is 0. The number of carbonyl (C=O) groups is 1. The highest BCUT2D eigenvalue weighted by atomic mass is 16.3. The molecule has 6 nitrogen and oxygen atoms in total. The predicted octanol–water partition coefficient (Wildman–Crippen LogP) is 4.97. The molecule has 0 bridgehead atoms. The molecule has 178 valence electrons. The van der Waals surface area contributed by atoms with Crippen LogP contribution < -0.4 is 15.6 Å². The number of benzene rings is 2. The van der Waals surface area contributed by atoms with Crippen LogP contribution in [0.25, 0.3) is 11.0 Å². The van der Waals surface area contributed by atoms with Crippen LogP contribution in [0.4, 0.5) is 11.4 Å². The molecule has 34 heavy (non-hydrogen) atoms. The number of fused-ring (bicyclic) bond motifs is 1. The Morgan fingerprint density at radius 3 is 2.71 bits per heavy atom. The lowest BCUT2D eigenvalue weighted by Gasteiger charge is -2.25. The van der Waals surface area contributed by atoms with Gasteiger partial charge in [0.1, 0.15) is 5.58 Å². The van der Waals surface area contributed by atoms with Crippen LogP contribution in [0.5, 0.6) is 0 Å². The fourth-order valence-corrected chi connectivity index (χ4v) is 5.36. The summed E-state index contributed by atoms with van der Waals surface area (Å²) in [6.45, 7) is 10.8. The Bertz CT molecular complexity index is 1280. The summed E-state index contributed by atoms with van der Waals surface area (Å²) in [6.07, 6.45) is 3.87. The summed E-state index contributed by atoms with van der Waals surface area (Å²) in [7, 11) is 0. The van der Waals surface area contributed by atoms with E-state index in [1.165, 1.54) is 44.1 Å². The molecule has 0 aliphatic carbocycles. The van der Waals surface area contributed by atoms with Crippen molar-refractivity contribution in [2.24, 2.45) is 5.92 Å². The second-order valence-electron chi connectivity index (χ2n) is 10.0. The first-order chi connectivity index (χ1) is 16.4. The largest absolute Gasteiger partial charge is 0.451 e. The minimum Gasteiger partial charge on any atom is -0.451 e. The molecule has 5 rings (SSSR count). The molecule has 2 aliphatic heterocycles. The zero-order valence-electron chi connectivity index (χ0n) is 20.3. The van der Waals surface area contributed by atoms with Crippen molar-refractivity contribution in [1.29, 1.82) is 0 Å². The Labute approximate surface area is 200 Å². The van der Waals surface area contributed by atoms with Gasteiger partial charge >= 0.3 is 0 Å². The molecule has 2 saturated heterocycles. The predicted molar refractivity (Wildman–Crippen MR) is 137 cm³/mol. The number of hydrogen-bond donors (Lipinski definition) is 1. The van der Waals surface area contributed by atoms with E-state index in [0.29, 0.717) is 16.9 Å². The standard InChI is InChI=1S/C28H33N3O3/c1-18-6-9-26-23(13-18)25(32)15-27(34-26)28(33)29-24-8-7-22(14-19(24)2)31-12-10-21(17-31)16-30-11-4-5-20(30)3/h6-9,13-15,20-21H,4-5,10-12,16-17H2,1-3H3,(H,29,33). The van der Waals surface area contributed by atoms with Gasteiger partial charge in [-0.15, -0.1) is 0 Å². The van der Waals surface area contributed by atoms with E-state index in [0.717, 1.165) is 35.9 Å². The van der Waals surface area contributed by atoms with Gasteiger partial charge in [-0.3, -0.25) is 9.59 Å². The molecule has 2 fully saturated rings. The molecular formula is C28H33N3O3. The Morgan fingerprint density at radius 2 is 1.94 bits per heavy atom. The normalized spacial score (nSPS) is 20.9. The molecule has 0 saturated carbocycles. The van der Waals surface area contributed by atoms with Gasteiger partial charge in [-0.25, -0.2) is 0 Å². The van der Waals surface area contributed by atoms with Gasteiger partial charge in [0.05, 0.1) is 5.39 Å². The van der Waals surface area contributed by atoms with Crippen LogP contribution in [0.15, 0.2) is 51.7 Å². The van der Waals surface area contributed by atoms with Crippen LogP contribution in [0.1, 0.15) is 47.9 Å². The fraction of sp³-hybridized carbons (Fsp3) is 0.429. The highest BCUT2D eigenvalue weighted by Gasteiger charge is 2.28. The third kappa shape index (κ3) is 4.60. The number of carbonyl (C=O) groups excluding carboxylic acids is 1. The van der Waals surface area contributed by atoms with E-state index < -0.39 is 5.91 Å². The number of nitrogens with one attached hydrogen (secondary N) is 1. The molecular weight excluding hydrogens is 426 g/mol. The first-order valence-corrected chi connectivity index (χ1v) is 12.3. The van der Waals surface area contributed by atoms with Crippen LogP contribution in [0.2, 0.25) is 0 Å². The van der Waals surface area contributed by atoms with E-state index in [9.17, 15) is 9.59 Å². The maximum Gasteiger partial charge on any atom is 0.291 e. The zero-order valence-corrected chi connectivity index (χ0v) is 20.3. The maximum absolute atomic E-state index is 12.8. The lowest BCUT2D eigenvalue weighted by molar-refractivity contribution is 0.0997. The van der Waals surface area contributed by atoms with Crippen LogP contribution in [-0.2, 0) is 0 Å². The molecule has 0 radical (unpaired) electrons. The van der Waals surface area contributed by atoms with Crippen molar-refractivity contribution in [2.45, 2.75) is 46.1 Å². The van der Waals surface area contributed by atoms with Crippen LogP contribution in [-0.4, -0.2) is 43.0 Å². The lowest BCUT2D eigenvalue weighted by atomic mass is 10.1. The van der Waals surface area contributed by atoms with E-state index in [1.807, 2.05) is 26.0 Å². The molecule has 2 unspecified atom stereocenters. The summed E-state index contributed by atoms with van der Waals surface area (Å²) in [4.78, 5) is 30.4. The molecule has 1 aromatic heterocycles. The van der Waals surface area contributed by atoms with Crippen LogP contribution in [0.3, 0.4) is 0 Å². The van der Waals surface area contributed by atoms with Crippen LogP contribution in [0, 0.1) is 19.8 Å². The first-order valence-electron chi connectivity index (χ1n) is 12.3. The monoisotopic (exact) mass is 459 g/mol. The molecule has 2 aliphatic rings. The van der Waals surface area contributed by atoms with Gasteiger partial charge in [-0.05, 0) is 88.4 Å². The van der Waals surface area contributed by atoms with Crippen molar-refractivity contribution >= 4 is 28.3 Å². The summed E-state index contributed by atoms with van der Waals surface area (Å²) in [5, 5.41) is 3.40. The van der Waals surface area contributed by atoms with Gasteiger partial charge < -0.3 is 19.5 Å². The van der Waals surface area contributed by atoms with Gasteiger partial charge in [0, 0.05) is 43.1 Å².